The summed E-state index contributed by atoms with van der Waals surface area (Å²) >= 11 is 2.81. The van der Waals surface area contributed by atoms with E-state index in [2.05, 4.69) is 50.5 Å². The van der Waals surface area contributed by atoms with Crippen molar-refractivity contribution in [2.45, 2.75) is 31.6 Å². The van der Waals surface area contributed by atoms with Crippen molar-refractivity contribution in [3.63, 3.8) is 0 Å². The highest BCUT2D eigenvalue weighted by Crippen LogP contribution is 2.37. The molecule has 0 radical (unpaired) electrons. The van der Waals surface area contributed by atoms with Crippen LogP contribution in [0.25, 0.3) is 0 Å². The summed E-state index contributed by atoms with van der Waals surface area (Å²) in [6.45, 7) is 4.48. The number of hydrogen-bond acceptors (Lipinski definition) is 7. The summed E-state index contributed by atoms with van der Waals surface area (Å²) < 4.78 is 0. The summed E-state index contributed by atoms with van der Waals surface area (Å²) in [5.41, 5.74) is 3.84. The molecule has 4 rings (SSSR count). The molecule has 0 aliphatic carbocycles. The number of amides is 1. The van der Waals surface area contributed by atoms with Crippen molar-refractivity contribution in [3.8, 4) is 6.07 Å². The Morgan fingerprint density at radius 2 is 2.17 bits per heavy atom. The van der Waals surface area contributed by atoms with Crippen LogP contribution in [0.5, 0.6) is 0 Å². The van der Waals surface area contributed by atoms with Gasteiger partial charge in [0.25, 0.3) is 0 Å². The summed E-state index contributed by atoms with van der Waals surface area (Å²) in [6.07, 6.45) is 2.51. The fourth-order valence-electron chi connectivity index (χ4n) is 3.43. The number of anilines is 1. The standard InChI is InChI=1S/C22H21N5OS2/c1-15-7-9-24-22(25-15)29-14-20(28)26-21-18(11-23)17-8-10-27(13-19(17)30-21)12-16-5-3-2-4-6-16/h2-7,9H,8,10,12-14H2,1H3,(H,26,28). The molecule has 1 N–H and O–H groups in total. The van der Waals surface area contributed by atoms with E-state index in [1.807, 2.05) is 19.1 Å². The number of nitrogens with one attached hydrogen (secondary N) is 1. The Labute approximate surface area is 184 Å². The summed E-state index contributed by atoms with van der Waals surface area (Å²) in [5, 5.41) is 13.8. The summed E-state index contributed by atoms with van der Waals surface area (Å²) in [4.78, 5) is 24.5. The van der Waals surface area contributed by atoms with Crippen molar-refractivity contribution in [1.82, 2.24) is 14.9 Å². The van der Waals surface area contributed by atoms with Crippen LogP contribution in [0.15, 0.2) is 47.8 Å². The quantitative estimate of drug-likeness (QED) is 0.465. The van der Waals surface area contributed by atoms with E-state index in [9.17, 15) is 10.1 Å². The second-order valence-electron chi connectivity index (χ2n) is 7.08. The fourth-order valence-corrected chi connectivity index (χ4v) is 5.36. The van der Waals surface area contributed by atoms with Gasteiger partial charge in [0.15, 0.2) is 5.16 Å². The highest BCUT2D eigenvalue weighted by atomic mass is 32.2. The van der Waals surface area contributed by atoms with E-state index < -0.39 is 0 Å². The molecule has 6 nitrogen and oxygen atoms in total. The number of carbonyl (C=O) groups is 1. The lowest BCUT2D eigenvalue weighted by Gasteiger charge is -2.26. The molecule has 1 amide bonds. The van der Waals surface area contributed by atoms with Crippen molar-refractivity contribution >= 4 is 34.0 Å². The number of nitriles is 1. The van der Waals surface area contributed by atoms with E-state index in [-0.39, 0.29) is 11.7 Å². The van der Waals surface area contributed by atoms with Gasteiger partial charge in [-0.1, -0.05) is 42.1 Å². The van der Waals surface area contributed by atoms with Gasteiger partial charge in [-0.05, 0) is 30.5 Å². The molecule has 1 aliphatic rings. The molecule has 0 saturated heterocycles. The molecule has 152 valence electrons. The number of benzene rings is 1. The lowest BCUT2D eigenvalue weighted by Crippen LogP contribution is -2.29. The first-order valence-corrected chi connectivity index (χ1v) is 11.5. The zero-order chi connectivity index (χ0) is 20.9. The number of rotatable bonds is 6. The highest BCUT2D eigenvalue weighted by Gasteiger charge is 2.25. The number of carbonyl (C=O) groups excluding carboxylic acids is 1. The number of aromatic nitrogens is 2. The molecule has 3 aromatic rings. The Balaban J connectivity index is 1.41. The molecule has 1 aliphatic heterocycles. The van der Waals surface area contributed by atoms with Gasteiger partial charge in [0.1, 0.15) is 11.1 Å². The average molecular weight is 436 g/mol. The summed E-state index contributed by atoms with van der Waals surface area (Å²) in [6, 6.07) is 14.5. The van der Waals surface area contributed by atoms with Gasteiger partial charge in [-0.25, -0.2) is 9.97 Å². The van der Waals surface area contributed by atoms with E-state index in [4.69, 9.17) is 0 Å². The van der Waals surface area contributed by atoms with Crippen LogP contribution in [0, 0.1) is 18.3 Å². The lowest BCUT2D eigenvalue weighted by atomic mass is 10.0. The van der Waals surface area contributed by atoms with Gasteiger partial charge in [-0.3, -0.25) is 9.69 Å². The maximum atomic E-state index is 12.5. The summed E-state index contributed by atoms with van der Waals surface area (Å²) in [7, 11) is 0. The van der Waals surface area contributed by atoms with Crippen LogP contribution in [0.1, 0.15) is 27.3 Å². The zero-order valence-corrected chi connectivity index (χ0v) is 18.2. The van der Waals surface area contributed by atoms with E-state index in [1.165, 1.54) is 33.5 Å². The van der Waals surface area contributed by atoms with Crippen LogP contribution in [0.3, 0.4) is 0 Å². The SMILES string of the molecule is Cc1ccnc(SCC(=O)Nc2sc3c(c2C#N)CCN(Cc2ccccc2)C3)n1. The van der Waals surface area contributed by atoms with Crippen LogP contribution >= 0.6 is 23.1 Å². The van der Waals surface area contributed by atoms with Crippen LogP contribution in [0.2, 0.25) is 0 Å². The molecule has 0 atom stereocenters. The van der Waals surface area contributed by atoms with Crippen LogP contribution in [-0.2, 0) is 24.3 Å². The third kappa shape index (κ3) is 4.87. The van der Waals surface area contributed by atoms with Crippen LogP contribution in [-0.4, -0.2) is 33.1 Å². The molecule has 0 bridgehead atoms. The smallest absolute Gasteiger partial charge is 0.235 e. The predicted molar refractivity (Wildman–Crippen MR) is 119 cm³/mol. The first-order valence-electron chi connectivity index (χ1n) is 9.65. The fraction of sp³-hybridized carbons (Fsp3) is 0.273. The monoisotopic (exact) mass is 435 g/mol. The molecule has 3 heterocycles. The zero-order valence-electron chi connectivity index (χ0n) is 16.6. The molecular formula is C22H21N5OS2. The molecule has 0 saturated carbocycles. The minimum Gasteiger partial charge on any atom is -0.316 e. The van der Waals surface area contributed by atoms with Gasteiger partial charge in [-0.15, -0.1) is 11.3 Å². The van der Waals surface area contributed by atoms with Crippen molar-refractivity contribution in [2.24, 2.45) is 0 Å². The van der Waals surface area contributed by atoms with Gasteiger partial charge in [0.2, 0.25) is 5.91 Å². The Bertz CT molecular complexity index is 1090. The molecule has 8 heteroatoms. The average Bonchev–Trinajstić information content (AvgIpc) is 3.09. The van der Waals surface area contributed by atoms with Gasteiger partial charge in [0.05, 0.1) is 11.3 Å². The van der Waals surface area contributed by atoms with E-state index in [0.29, 0.717) is 15.7 Å². The minimum absolute atomic E-state index is 0.152. The number of aryl methyl sites for hydroxylation is 1. The highest BCUT2D eigenvalue weighted by molar-refractivity contribution is 7.99. The molecule has 30 heavy (non-hydrogen) atoms. The minimum atomic E-state index is -0.152. The van der Waals surface area contributed by atoms with E-state index >= 15 is 0 Å². The lowest BCUT2D eigenvalue weighted by molar-refractivity contribution is -0.113. The number of nitrogens with zero attached hydrogens (tertiary/aromatic N) is 4. The first kappa shape index (κ1) is 20.5. The molecular weight excluding hydrogens is 414 g/mol. The Morgan fingerprint density at radius 3 is 2.93 bits per heavy atom. The van der Waals surface area contributed by atoms with Crippen molar-refractivity contribution in [3.05, 3.63) is 69.9 Å². The topological polar surface area (TPSA) is 81.9 Å². The number of thiophene rings is 1. The van der Waals surface area contributed by atoms with Gasteiger partial charge in [-0.2, -0.15) is 5.26 Å². The maximum Gasteiger partial charge on any atom is 0.235 e. The van der Waals surface area contributed by atoms with Crippen molar-refractivity contribution in [2.75, 3.05) is 17.6 Å². The molecule has 0 fully saturated rings. The first-order chi connectivity index (χ1) is 14.6. The molecule has 2 aromatic heterocycles. The third-order valence-electron chi connectivity index (χ3n) is 4.85. The Hall–Kier alpha value is -2.73. The molecule has 1 aromatic carbocycles. The Kier molecular flexibility index (Phi) is 6.43. The van der Waals surface area contributed by atoms with Gasteiger partial charge >= 0.3 is 0 Å². The van der Waals surface area contributed by atoms with Gasteiger partial charge < -0.3 is 5.32 Å². The molecule has 0 unspecified atom stereocenters. The van der Waals surface area contributed by atoms with Gasteiger partial charge in [0, 0.05) is 36.4 Å². The van der Waals surface area contributed by atoms with Crippen molar-refractivity contribution in [1.29, 1.82) is 5.26 Å². The number of thioether (sulfide) groups is 1. The largest absolute Gasteiger partial charge is 0.316 e. The number of fused-ring (bicyclic) bond motifs is 1. The second kappa shape index (κ2) is 9.39. The molecule has 0 spiro atoms. The van der Waals surface area contributed by atoms with Crippen LogP contribution < -0.4 is 5.32 Å². The maximum absolute atomic E-state index is 12.5. The van der Waals surface area contributed by atoms with Crippen molar-refractivity contribution < 1.29 is 4.79 Å². The van der Waals surface area contributed by atoms with Crippen LogP contribution in [0.4, 0.5) is 5.00 Å². The Morgan fingerprint density at radius 1 is 1.33 bits per heavy atom. The van der Waals surface area contributed by atoms with E-state index in [1.54, 1.807) is 6.20 Å². The van der Waals surface area contributed by atoms with E-state index in [0.717, 1.165) is 37.3 Å². The number of hydrogen-bond donors (Lipinski definition) is 1. The third-order valence-corrected chi connectivity index (χ3v) is 6.85. The normalized spacial score (nSPS) is 13.5. The summed E-state index contributed by atoms with van der Waals surface area (Å²) in [5.74, 6) is 0.0538. The second-order valence-corrected chi connectivity index (χ2v) is 9.13. The predicted octanol–water partition coefficient (Wildman–Crippen LogP) is 4.01.